The van der Waals surface area contributed by atoms with Crippen molar-refractivity contribution in [1.29, 1.82) is 0 Å². The van der Waals surface area contributed by atoms with Crippen molar-refractivity contribution in [3.05, 3.63) is 65.7 Å². The van der Waals surface area contributed by atoms with Gasteiger partial charge in [-0.3, -0.25) is 0 Å². The number of aromatic nitrogens is 3. The standard InChI is InChI=1S/C17H13N3S.C2H6/c1-11-7-13(8-12-5-3-2-4-6-12)15-16-14(9-18-10-19-16)21-17(15)20-11;1-2/h2-7,9-10H,8H2,1H3;1-2H3. The van der Waals surface area contributed by atoms with E-state index in [0.29, 0.717) is 0 Å². The Morgan fingerprint density at radius 2 is 1.87 bits per heavy atom. The molecule has 0 aliphatic rings. The van der Waals surface area contributed by atoms with Crippen molar-refractivity contribution >= 4 is 31.8 Å². The second kappa shape index (κ2) is 6.84. The normalized spacial score (nSPS) is 10.6. The van der Waals surface area contributed by atoms with Crippen LogP contribution in [0.1, 0.15) is 30.7 Å². The molecular formula is C19H19N3S. The maximum Gasteiger partial charge on any atom is 0.126 e. The molecule has 0 aliphatic heterocycles. The van der Waals surface area contributed by atoms with Gasteiger partial charge in [-0.25, -0.2) is 15.0 Å². The zero-order chi connectivity index (χ0) is 16.2. The second-order valence-electron chi connectivity index (χ2n) is 5.10. The number of fused-ring (bicyclic) bond motifs is 3. The van der Waals surface area contributed by atoms with Gasteiger partial charge in [-0.1, -0.05) is 44.2 Å². The average molecular weight is 321 g/mol. The first-order chi connectivity index (χ1) is 11.3. The topological polar surface area (TPSA) is 38.7 Å². The van der Waals surface area contributed by atoms with Gasteiger partial charge in [-0.15, -0.1) is 11.3 Å². The molecule has 0 amide bonds. The smallest absolute Gasteiger partial charge is 0.126 e. The molecule has 116 valence electrons. The van der Waals surface area contributed by atoms with E-state index in [1.165, 1.54) is 16.5 Å². The number of rotatable bonds is 2. The number of nitrogens with zero attached hydrogens (tertiary/aromatic N) is 3. The van der Waals surface area contributed by atoms with Gasteiger partial charge in [-0.05, 0) is 30.5 Å². The fraction of sp³-hybridized carbons (Fsp3) is 0.211. The van der Waals surface area contributed by atoms with Crippen LogP contribution in [0.25, 0.3) is 20.4 Å². The van der Waals surface area contributed by atoms with E-state index in [4.69, 9.17) is 0 Å². The van der Waals surface area contributed by atoms with Gasteiger partial charge >= 0.3 is 0 Å². The lowest BCUT2D eigenvalue weighted by atomic mass is 10.0. The summed E-state index contributed by atoms with van der Waals surface area (Å²) in [5, 5.41) is 1.17. The second-order valence-corrected chi connectivity index (χ2v) is 6.13. The van der Waals surface area contributed by atoms with E-state index in [-0.39, 0.29) is 0 Å². The lowest BCUT2D eigenvalue weighted by molar-refractivity contribution is 1.17. The Labute approximate surface area is 140 Å². The fourth-order valence-electron chi connectivity index (χ4n) is 2.68. The molecule has 0 radical (unpaired) electrons. The Kier molecular flexibility index (Phi) is 4.63. The molecule has 0 atom stereocenters. The molecule has 0 unspecified atom stereocenters. The predicted molar refractivity (Wildman–Crippen MR) is 98.0 cm³/mol. The summed E-state index contributed by atoms with van der Waals surface area (Å²) in [5.41, 5.74) is 4.66. The molecule has 1 aromatic carbocycles. The molecule has 0 N–H and O–H groups in total. The number of hydrogen-bond acceptors (Lipinski definition) is 4. The highest BCUT2D eigenvalue weighted by atomic mass is 32.1. The molecule has 3 heterocycles. The van der Waals surface area contributed by atoms with Crippen LogP contribution in [0.15, 0.2) is 48.9 Å². The van der Waals surface area contributed by atoms with Crippen molar-refractivity contribution in [3.8, 4) is 0 Å². The average Bonchev–Trinajstić information content (AvgIpc) is 2.95. The molecule has 0 fully saturated rings. The summed E-state index contributed by atoms with van der Waals surface area (Å²) in [6, 6.07) is 12.7. The third kappa shape index (κ3) is 3.08. The molecule has 3 aromatic heterocycles. The van der Waals surface area contributed by atoms with E-state index in [9.17, 15) is 0 Å². The largest absolute Gasteiger partial charge is 0.243 e. The highest BCUT2D eigenvalue weighted by Crippen LogP contribution is 2.34. The van der Waals surface area contributed by atoms with Crippen molar-refractivity contribution in [3.63, 3.8) is 0 Å². The third-order valence-electron chi connectivity index (χ3n) is 3.56. The molecule has 4 heteroatoms. The summed E-state index contributed by atoms with van der Waals surface area (Å²) in [6.45, 7) is 6.05. The van der Waals surface area contributed by atoms with E-state index in [2.05, 4.69) is 45.3 Å². The molecular weight excluding hydrogens is 302 g/mol. The summed E-state index contributed by atoms with van der Waals surface area (Å²) in [7, 11) is 0. The Morgan fingerprint density at radius 3 is 2.65 bits per heavy atom. The van der Waals surface area contributed by atoms with Crippen LogP contribution >= 0.6 is 11.3 Å². The molecule has 0 bridgehead atoms. The minimum absolute atomic E-state index is 0.899. The van der Waals surface area contributed by atoms with E-state index < -0.39 is 0 Å². The van der Waals surface area contributed by atoms with Crippen LogP contribution in [0, 0.1) is 6.92 Å². The highest BCUT2D eigenvalue weighted by molar-refractivity contribution is 7.25. The van der Waals surface area contributed by atoms with Gasteiger partial charge < -0.3 is 0 Å². The molecule has 0 saturated carbocycles. The molecule has 23 heavy (non-hydrogen) atoms. The molecule has 4 rings (SSSR count). The van der Waals surface area contributed by atoms with Gasteiger partial charge in [0.1, 0.15) is 11.2 Å². The molecule has 0 spiro atoms. The van der Waals surface area contributed by atoms with Crippen LogP contribution < -0.4 is 0 Å². The first-order valence-corrected chi connectivity index (χ1v) is 8.65. The van der Waals surface area contributed by atoms with Crippen LogP contribution in [0.5, 0.6) is 0 Å². The van der Waals surface area contributed by atoms with E-state index in [1.54, 1.807) is 17.7 Å². The maximum atomic E-state index is 4.67. The first kappa shape index (κ1) is 15.6. The van der Waals surface area contributed by atoms with Crippen molar-refractivity contribution in [2.45, 2.75) is 27.2 Å². The van der Waals surface area contributed by atoms with Crippen molar-refractivity contribution in [1.82, 2.24) is 15.0 Å². The lowest BCUT2D eigenvalue weighted by Gasteiger charge is -2.05. The fourth-order valence-corrected chi connectivity index (χ4v) is 3.77. The van der Waals surface area contributed by atoms with Crippen molar-refractivity contribution in [2.24, 2.45) is 0 Å². The summed E-state index contributed by atoms with van der Waals surface area (Å²) in [6.07, 6.45) is 4.38. The summed E-state index contributed by atoms with van der Waals surface area (Å²) >= 11 is 1.66. The number of thiophene rings is 1. The van der Waals surface area contributed by atoms with Gasteiger partial charge in [0.15, 0.2) is 0 Å². The molecule has 0 aliphatic carbocycles. The molecule has 4 aromatic rings. The van der Waals surface area contributed by atoms with Crippen LogP contribution in [-0.2, 0) is 6.42 Å². The first-order valence-electron chi connectivity index (χ1n) is 7.84. The number of aryl methyl sites for hydroxylation is 1. The Balaban J connectivity index is 0.000000753. The quantitative estimate of drug-likeness (QED) is 0.511. The van der Waals surface area contributed by atoms with Crippen LogP contribution in [0.2, 0.25) is 0 Å². The van der Waals surface area contributed by atoms with E-state index in [0.717, 1.165) is 27.2 Å². The van der Waals surface area contributed by atoms with E-state index >= 15 is 0 Å². The summed E-state index contributed by atoms with van der Waals surface area (Å²) < 4.78 is 1.10. The lowest BCUT2D eigenvalue weighted by Crippen LogP contribution is -1.92. The van der Waals surface area contributed by atoms with Crippen molar-refractivity contribution < 1.29 is 0 Å². The van der Waals surface area contributed by atoms with Gasteiger partial charge in [0.25, 0.3) is 0 Å². The minimum Gasteiger partial charge on any atom is -0.243 e. The number of benzene rings is 1. The predicted octanol–water partition coefficient (Wildman–Crippen LogP) is 5.16. The Bertz CT molecular complexity index is 929. The maximum absolute atomic E-state index is 4.67. The monoisotopic (exact) mass is 321 g/mol. The SMILES string of the molecule is CC.Cc1cc(Cc2ccccc2)c2c(n1)sc1cncnc12. The third-order valence-corrected chi connectivity index (χ3v) is 4.56. The van der Waals surface area contributed by atoms with E-state index in [1.807, 2.05) is 33.0 Å². The van der Waals surface area contributed by atoms with Crippen LogP contribution in [0.3, 0.4) is 0 Å². The Morgan fingerprint density at radius 1 is 1.09 bits per heavy atom. The summed E-state index contributed by atoms with van der Waals surface area (Å²) in [4.78, 5) is 14.3. The highest BCUT2D eigenvalue weighted by Gasteiger charge is 2.13. The van der Waals surface area contributed by atoms with Gasteiger partial charge in [0.05, 0.1) is 10.2 Å². The number of pyridine rings is 1. The zero-order valence-electron chi connectivity index (χ0n) is 13.6. The van der Waals surface area contributed by atoms with Gasteiger partial charge in [0, 0.05) is 17.3 Å². The van der Waals surface area contributed by atoms with Gasteiger partial charge in [0.2, 0.25) is 0 Å². The molecule has 3 nitrogen and oxygen atoms in total. The van der Waals surface area contributed by atoms with Crippen LogP contribution in [-0.4, -0.2) is 15.0 Å². The summed E-state index contributed by atoms with van der Waals surface area (Å²) in [5.74, 6) is 0. The Hall–Kier alpha value is -2.33. The zero-order valence-corrected chi connectivity index (χ0v) is 14.4. The minimum atomic E-state index is 0.899. The van der Waals surface area contributed by atoms with Crippen molar-refractivity contribution in [2.75, 3.05) is 0 Å². The van der Waals surface area contributed by atoms with Crippen LogP contribution in [0.4, 0.5) is 0 Å². The van der Waals surface area contributed by atoms with Gasteiger partial charge in [-0.2, -0.15) is 0 Å². The number of hydrogen-bond donors (Lipinski definition) is 0. The molecule has 0 saturated heterocycles.